The topological polar surface area (TPSA) is 12.0 Å². The molecule has 2 rings (SSSR count). The molecule has 112 valence electrons. The first kappa shape index (κ1) is 15.9. The van der Waals surface area contributed by atoms with Crippen molar-refractivity contribution < 1.29 is 8.78 Å². The van der Waals surface area contributed by atoms with Crippen LogP contribution >= 0.6 is 11.6 Å². The zero-order chi connectivity index (χ0) is 15.4. The lowest BCUT2D eigenvalue weighted by molar-refractivity contribution is 0.521. The first-order valence-corrected chi connectivity index (χ1v) is 7.32. The Kier molecular flexibility index (Phi) is 5.32. The molecule has 0 saturated heterocycles. The van der Waals surface area contributed by atoms with Crippen LogP contribution in [-0.2, 0) is 6.42 Å². The van der Waals surface area contributed by atoms with Crippen molar-refractivity contribution in [3.05, 3.63) is 69.7 Å². The summed E-state index contributed by atoms with van der Waals surface area (Å²) in [6, 6.07) is 9.20. The van der Waals surface area contributed by atoms with Gasteiger partial charge >= 0.3 is 0 Å². The summed E-state index contributed by atoms with van der Waals surface area (Å²) in [6.45, 7) is 4.62. The van der Waals surface area contributed by atoms with Gasteiger partial charge in [0, 0.05) is 11.1 Å². The summed E-state index contributed by atoms with van der Waals surface area (Å²) in [7, 11) is 0. The van der Waals surface area contributed by atoms with Gasteiger partial charge in [0.1, 0.15) is 11.6 Å². The Labute approximate surface area is 128 Å². The molecule has 0 aromatic heterocycles. The monoisotopic (exact) mass is 309 g/mol. The molecule has 4 heteroatoms. The molecule has 2 aromatic carbocycles. The van der Waals surface area contributed by atoms with Crippen molar-refractivity contribution in [3.63, 3.8) is 0 Å². The Morgan fingerprint density at radius 2 is 1.90 bits per heavy atom. The summed E-state index contributed by atoms with van der Waals surface area (Å²) in [5.74, 6) is -0.616. The second kappa shape index (κ2) is 7.01. The van der Waals surface area contributed by atoms with Crippen LogP contribution in [0.15, 0.2) is 36.4 Å². The average Bonchev–Trinajstić information content (AvgIpc) is 2.44. The Bertz CT molecular complexity index is 628. The zero-order valence-corrected chi connectivity index (χ0v) is 12.8. The number of hydrogen-bond acceptors (Lipinski definition) is 1. The number of hydrogen-bond donors (Lipinski definition) is 1. The van der Waals surface area contributed by atoms with Crippen LogP contribution < -0.4 is 5.32 Å². The molecule has 0 aliphatic rings. The van der Waals surface area contributed by atoms with Crippen LogP contribution in [0.3, 0.4) is 0 Å². The van der Waals surface area contributed by atoms with E-state index in [0.717, 1.165) is 17.7 Å². The van der Waals surface area contributed by atoms with Gasteiger partial charge in [-0.3, -0.25) is 0 Å². The highest BCUT2D eigenvalue weighted by molar-refractivity contribution is 6.30. The van der Waals surface area contributed by atoms with E-state index in [9.17, 15) is 8.78 Å². The van der Waals surface area contributed by atoms with Crippen LogP contribution in [0.1, 0.15) is 29.7 Å². The SMILES string of the molecule is CCNC(Cc1ccc(Cl)cc1F)c1cc(F)ccc1C. The van der Waals surface area contributed by atoms with E-state index in [-0.39, 0.29) is 17.7 Å². The molecule has 0 fully saturated rings. The lowest BCUT2D eigenvalue weighted by Crippen LogP contribution is -2.24. The Morgan fingerprint density at radius 1 is 1.14 bits per heavy atom. The summed E-state index contributed by atoms with van der Waals surface area (Å²) in [5, 5.41) is 3.66. The summed E-state index contributed by atoms with van der Waals surface area (Å²) < 4.78 is 27.5. The molecule has 0 radical (unpaired) electrons. The molecule has 1 nitrogen and oxygen atoms in total. The number of halogens is 3. The molecule has 0 spiro atoms. The zero-order valence-electron chi connectivity index (χ0n) is 12.1. The first-order chi connectivity index (χ1) is 10.0. The van der Waals surface area contributed by atoms with Crippen molar-refractivity contribution in [3.8, 4) is 0 Å². The van der Waals surface area contributed by atoms with Crippen molar-refractivity contribution >= 4 is 11.6 Å². The molecule has 2 aromatic rings. The van der Waals surface area contributed by atoms with Gasteiger partial charge in [-0.25, -0.2) is 8.78 Å². The van der Waals surface area contributed by atoms with Crippen molar-refractivity contribution in [2.75, 3.05) is 6.54 Å². The molecule has 0 amide bonds. The predicted molar refractivity (Wildman–Crippen MR) is 82.7 cm³/mol. The lowest BCUT2D eigenvalue weighted by Gasteiger charge is -2.21. The molecule has 21 heavy (non-hydrogen) atoms. The van der Waals surface area contributed by atoms with E-state index < -0.39 is 0 Å². The number of aryl methyl sites for hydroxylation is 1. The largest absolute Gasteiger partial charge is 0.310 e. The normalized spacial score (nSPS) is 12.4. The third-order valence-corrected chi connectivity index (χ3v) is 3.74. The summed E-state index contributed by atoms with van der Waals surface area (Å²) in [6.07, 6.45) is 0.446. The maximum atomic E-state index is 14.0. The van der Waals surface area contributed by atoms with Crippen LogP contribution in [0.4, 0.5) is 8.78 Å². The van der Waals surface area contributed by atoms with Crippen LogP contribution in [0.2, 0.25) is 5.02 Å². The summed E-state index contributed by atoms with van der Waals surface area (Å²) >= 11 is 5.77. The first-order valence-electron chi connectivity index (χ1n) is 6.94. The quantitative estimate of drug-likeness (QED) is 0.835. The molecule has 0 saturated carbocycles. The van der Waals surface area contributed by atoms with E-state index in [1.165, 1.54) is 18.2 Å². The van der Waals surface area contributed by atoms with Gasteiger partial charge in [0.25, 0.3) is 0 Å². The van der Waals surface area contributed by atoms with Gasteiger partial charge in [0.15, 0.2) is 0 Å². The minimum Gasteiger partial charge on any atom is -0.310 e. The maximum Gasteiger partial charge on any atom is 0.127 e. The summed E-state index contributed by atoms with van der Waals surface area (Å²) in [4.78, 5) is 0. The minimum atomic E-state index is -0.334. The van der Waals surface area contributed by atoms with Crippen molar-refractivity contribution in [2.45, 2.75) is 26.3 Å². The van der Waals surface area contributed by atoms with Gasteiger partial charge in [0.05, 0.1) is 0 Å². The van der Waals surface area contributed by atoms with Crippen molar-refractivity contribution in [1.29, 1.82) is 0 Å². The van der Waals surface area contributed by atoms with Gasteiger partial charge in [-0.15, -0.1) is 0 Å². The van der Waals surface area contributed by atoms with E-state index in [0.29, 0.717) is 17.0 Å². The molecule has 1 atom stereocenters. The smallest absolute Gasteiger partial charge is 0.127 e. The second-order valence-electron chi connectivity index (χ2n) is 5.05. The molecule has 1 N–H and O–H groups in total. The average molecular weight is 310 g/mol. The Morgan fingerprint density at radius 3 is 2.57 bits per heavy atom. The number of rotatable bonds is 5. The van der Waals surface area contributed by atoms with E-state index >= 15 is 0 Å². The van der Waals surface area contributed by atoms with Crippen molar-refractivity contribution in [1.82, 2.24) is 5.32 Å². The van der Waals surface area contributed by atoms with Gasteiger partial charge in [-0.1, -0.05) is 30.7 Å². The minimum absolute atomic E-state index is 0.138. The van der Waals surface area contributed by atoms with Gasteiger partial charge in [-0.05, 0) is 60.8 Å². The molecule has 0 aliphatic carbocycles. The Balaban J connectivity index is 2.32. The molecular weight excluding hydrogens is 292 g/mol. The highest BCUT2D eigenvalue weighted by Gasteiger charge is 2.16. The molecule has 0 bridgehead atoms. The fourth-order valence-corrected chi connectivity index (χ4v) is 2.59. The fraction of sp³-hybridized carbons (Fsp3) is 0.294. The van der Waals surface area contributed by atoms with Crippen molar-refractivity contribution in [2.24, 2.45) is 0 Å². The van der Waals surface area contributed by atoms with Crippen LogP contribution in [0.5, 0.6) is 0 Å². The van der Waals surface area contributed by atoms with Gasteiger partial charge < -0.3 is 5.32 Å². The second-order valence-corrected chi connectivity index (χ2v) is 5.49. The lowest BCUT2D eigenvalue weighted by atomic mass is 9.95. The highest BCUT2D eigenvalue weighted by Crippen LogP contribution is 2.25. The Hall–Kier alpha value is -1.45. The summed E-state index contributed by atoms with van der Waals surface area (Å²) in [5.41, 5.74) is 2.40. The molecule has 1 unspecified atom stereocenters. The predicted octanol–water partition coefficient (Wildman–Crippen LogP) is 4.82. The van der Waals surface area contributed by atoms with Crippen LogP contribution in [0.25, 0.3) is 0 Å². The van der Waals surface area contributed by atoms with E-state index in [4.69, 9.17) is 11.6 Å². The third-order valence-electron chi connectivity index (χ3n) is 3.51. The van der Waals surface area contributed by atoms with E-state index in [1.54, 1.807) is 18.2 Å². The number of likely N-dealkylation sites (N-methyl/N-ethyl adjacent to an activating group) is 1. The van der Waals surface area contributed by atoms with Gasteiger partial charge in [-0.2, -0.15) is 0 Å². The fourth-order valence-electron chi connectivity index (χ4n) is 2.43. The van der Waals surface area contributed by atoms with Gasteiger partial charge in [0.2, 0.25) is 0 Å². The standard InChI is InChI=1S/C17H18ClF2N/c1-3-21-17(15-10-14(19)7-4-11(15)2)8-12-5-6-13(18)9-16(12)20/h4-7,9-10,17,21H,3,8H2,1-2H3. The number of nitrogens with one attached hydrogen (secondary N) is 1. The molecular formula is C17H18ClF2N. The third kappa shape index (κ3) is 4.02. The van der Waals surface area contributed by atoms with E-state index in [1.807, 2.05) is 13.8 Å². The van der Waals surface area contributed by atoms with Crippen LogP contribution in [-0.4, -0.2) is 6.54 Å². The molecule has 0 aliphatic heterocycles. The molecule has 0 heterocycles. The number of benzene rings is 2. The highest BCUT2D eigenvalue weighted by atomic mass is 35.5. The van der Waals surface area contributed by atoms with Crippen LogP contribution in [0, 0.1) is 18.6 Å². The maximum absolute atomic E-state index is 14.0. The van der Waals surface area contributed by atoms with E-state index in [2.05, 4.69) is 5.32 Å².